The lowest BCUT2D eigenvalue weighted by molar-refractivity contribution is -0.0455. The summed E-state index contributed by atoms with van der Waals surface area (Å²) in [6, 6.07) is 12.6. The Balaban J connectivity index is 1.28. The van der Waals surface area contributed by atoms with Crippen LogP contribution in [0.25, 0.3) is 5.65 Å². The SMILES string of the molecule is Cc1cc(C2(N)N=CNc3ccc(NC4=NCC(F)(F)CO4)cc32)ccc1Oc1cc2nncn2cn1. The summed E-state index contributed by atoms with van der Waals surface area (Å²) in [5.74, 6) is -1.99. The Kier molecular flexibility index (Phi) is 5.22. The highest BCUT2D eigenvalue weighted by atomic mass is 19.3. The van der Waals surface area contributed by atoms with Crippen LogP contribution in [-0.2, 0) is 10.4 Å². The number of benzene rings is 2. The summed E-state index contributed by atoms with van der Waals surface area (Å²) in [7, 11) is 0. The minimum atomic E-state index is -2.97. The third kappa shape index (κ3) is 4.29. The van der Waals surface area contributed by atoms with Crippen molar-refractivity contribution in [3.8, 4) is 11.6 Å². The van der Waals surface area contributed by atoms with E-state index >= 15 is 0 Å². The van der Waals surface area contributed by atoms with E-state index in [9.17, 15) is 8.78 Å². The molecule has 2 aromatic heterocycles. The Morgan fingerprint density at radius 2 is 2.05 bits per heavy atom. The van der Waals surface area contributed by atoms with Crippen molar-refractivity contribution in [2.75, 3.05) is 23.8 Å². The number of alkyl halides is 2. The number of nitrogens with one attached hydrogen (secondary N) is 2. The third-order valence-electron chi connectivity index (χ3n) is 6.04. The first-order chi connectivity index (χ1) is 17.8. The monoisotopic (exact) mass is 505 g/mol. The number of hydrogen-bond acceptors (Lipinski definition) is 10. The number of rotatable bonds is 4. The van der Waals surface area contributed by atoms with Gasteiger partial charge in [-0.25, -0.2) is 23.7 Å². The first kappa shape index (κ1) is 22.8. The van der Waals surface area contributed by atoms with E-state index in [4.69, 9.17) is 15.2 Å². The molecule has 4 heterocycles. The van der Waals surface area contributed by atoms with Crippen molar-refractivity contribution < 1.29 is 18.3 Å². The van der Waals surface area contributed by atoms with E-state index in [2.05, 4.69) is 35.8 Å². The van der Waals surface area contributed by atoms with Gasteiger partial charge in [-0.1, -0.05) is 6.07 Å². The zero-order valence-corrected chi connectivity index (χ0v) is 19.5. The quantitative estimate of drug-likeness (QED) is 0.385. The molecule has 2 aromatic carbocycles. The highest BCUT2D eigenvalue weighted by molar-refractivity contribution is 5.91. The number of aliphatic imine (C=N–C) groups is 2. The highest BCUT2D eigenvalue weighted by Crippen LogP contribution is 2.39. The van der Waals surface area contributed by atoms with Crippen LogP contribution in [0.1, 0.15) is 16.7 Å². The first-order valence-electron chi connectivity index (χ1n) is 11.3. The van der Waals surface area contributed by atoms with Crippen molar-refractivity contribution in [2.24, 2.45) is 15.7 Å². The first-order valence-corrected chi connectivity index (χ1v) is 11.3. The average molecular weight is 505 g/mol. The summed E-state index contributed by atoms with van der Waals surface area (Å²) in [6.07, 6.45) is 4.67. The van der Waals surface area contributed by atoms with Crippen molar-refractivity contribution in [2.45, 2.75) is 18.5 Å². The molecular weight excluding hydrogens is 484 g/mol. The fraction of sp³-hybridized carbons (Fsp3) is 0.208. The Bertz CT molecular complexity index is 1570. The molecule has 0 bridgehead atoms. The van der Waals surface area contributed by atoms with Gasteiger partial charge in [0.05, 0.1) is 6.34 Å². The molecule has 0 spiro atoms. The summed E-state index contributed by atoms with van der Waals surface area (Å²) < 4.78 is 39.4. The largest absolute Gasteiger partial charge is 0.459 e. The van der Waals surface area contributed by atoms with Gasteiger partial charge >= 0.3 is 5.92 Å². The van der Waals surface area contributed by atoms with Gasteiger partial charge in [0, 0.05) is 23.0 Å². The van der Waals surface area contributed by atoms with Crippen LogP contribution in [0.5, 0.6) is 11.6 Å². The average Bonchev–Trinajstić information content (AvgIpc) is 3.35. The van der Waals surface area contributed by atoms with E-state index in [-0.39, 0.29) is 6.02 Å². The maximum absolute atomic E-state index is 13.3. The van der Waals surface area contributed by atoms with E-state index in [0.29, 0.717) is 28.5 Å². The lowest BCUT2D eigenvalue weighted by Crippen LogP contribution is -2.39. The number of hydrogen-bond donors (Lipinski definition) is 3. The van der Waals surface area contributed by atoms with Crippen LogP contribution < -0.4 is 21.1 Å². The van der Waals surface area contributed by atoms with E-state index < -0.39 is 24.7 Å². The molecule has 13 heteroatoms. The second-order valence-corrected chi connectivity index (χ2v) is 8.73. The van der Waals surface area contributed by atoms with Gasteiger partial charge in [0.15, 0.2) is 17.9 Å². The molecular formula is C24H21F2N9O2. The van der Waals surface area contributed by atoms with Crippen LogP contribution >= 0.6 is 0 Å². The van der Waals surface area contributed by atoms with Crippen LogP contribution in [0.15, 0.2) is 65.1 Å². The molecule has 0 saturated carbocycles. The highest BCUT2D eigenvalue weighted by Gasteiger charge is 2.36. The summed E-state index contributed by atoms with van der Waals surface area (Å²) >= 11 is 0. The normalized spacial score (nSPS) is 19.9. The molecule has 2 aliphatic rings. The van der Waals surface area contributed by atoms with Gasteiger partial charge in [-0.3, -0.25) is 10.1 Å². The van der Waals surface area contributed by atoms with Crippen LogP contribution in [0, 0.1) is 6.92 Å². The predicted molar refractivity (Wildman–Crippen MR) is 132 cm³/mol. The number of nitrogens with zero attached hydrogens (tertiary/aromatic N) is 6. The van der Waals surface area contributed by atoms with Gasteiger partial charge in [-0.05, 0) is 48.4 Å². The zero-order chi connectivity index (χ0) is 25.6. The fourth-order valence-electron chi connectivity index (χ4n) is 4.10. The lowest BCUT2D eigenvalue weighted by atomic mass is 9.89. The Morgan fingerprint density at radius 3 is 2.86 bits per heavy atom. The molecule has 0 amide bonds. The summed E-state index contributed by atoms with van der Waals surface area (Å²) in [5.41, 5.74) is 9.79. The molecule has 6 rings (SSSR count). The molecule has 2 aliphatic heterocycles. The van der Waals surface area contributed by atoms with Crippen molar-refractivity contribution in [1.29, 1.82) is 0 Å². The minimum Gasteiger partial charge on any atom is -0.459 e. The Morgan fingerprint density at radius 1 is 1.16 bits per heavy atom. The number of ether oxygens (including phenoxy) is 2. The minimum absolute atomic E-state index is 0.0241. The Labute approximate surface area is 209 Å². The van der Waals surface area contributed by atoms with Gasteiger partial charge < -0.3 is 20.1 Å². The molecule has 188 valence electrons. The second-order valence-electron chi connectivity index (χ2n) is 8.73. The summed E-state index contributed by atoms with van der Waals surface area (Å²) in [4.78, 5) is 12.6. The van der Waals surface area contributed by atoms with Crippen molar-refractivity contribution >= 4 is 29.4 Å². The van der Waals surface area contributed by atoms with E-state index in [1.54, 1.807) is 47.7 Å². The van der Waals surface area contributed by atoms with E-state index in [1.807, 2.05) is 25.1 Å². The third-order valence-corrected chi connectivity index (χ3v) is 6.04. The number of nitrogens with two attached hydrogens (primary N) is 1. The van der Waals surface area contributed by atoms with Gasteiger partial charge in [-0.15, -0.1) is 10.2 Å². The Hall–Kier alpha value is -4.65. The number of anilines is 2. The van der Waals surface area contributed by atoms with Crippen molar-refractivity contribution in [3.63, 3.8) is 0 Å². The second kappa shape index (κ2) is 8.48. The number of aryl methyl sites for hydroxylation is 1. The maximum Gasteiger partial charge on any atom is 0.300 e. The molecule has 0 saturated heterocycles. The topological polar surface area (TPSA) is 136 Å². The van der Waals surface area contributed by atoms with Crippen LogP contribution in [0.2, 0.25) is 0 Å². The molecule has 0 radical (unpaired) electrons. The fourth-order valence-corrected chi connectivity index (χ4v) is 4.10. The maximum atomic E-state index is 13.3. The molecule has 37 heavy (non-hydrogen) atoms. The molecule has 4 N–H and O–H groups in total. The molecule has 0 fully saturated rings. The van der Waals surface area contributed by atoms with Crippen LogP contribution in [0.4, 0.5) is 20.2 Å². The van der Waals surface area contributed by atoms with Gasteiger partial charge in [0.25, 0.3) is 6.02 Å². The van der Waals surface area contributed by atoms with E-state index in [1.165, 1.54) is 0 Å². The standard InChI is InChI=1S/C24H21F2N9O2/c1-14-6-15(2-5-19(14)37-21-8-20-34-32-13-35(20)12-30-21)24(27)17-7-16(3-4-18(17)29-11-31-24)33-22-28-9-23(25,26)10-36-22/h2-8,11-13H,9-10,27H2,1H3,(H,28,33)(H,29,31). The molecule has 1 atom stereocenters. The van der Waals surface area contributed by atoms with Crippen molar-refractivity contribution in [3.05, 3.63) is 71.8 Å². The smallest absolute Gasteiger partial charge is 0.300 e. The van der Waals surface area contributed by atoms with Crippen molar-refractivity contribution in [1.82, 2.24) is 19.6 Å². The molecule has 1 unspecified atom stereocenters. The van der Waals surface area contributed by atoms with Crippen LogP contribution in [0.3, 0.4) is 0 Å². The number of amidine groups is 1. The molecule has 11 nitrogen and oxygen atoms in total. The van der Waals surface area contributed by atoms with E-state index in [0.717, 1.165) is 16.8 Å². The molecule has 0 aliphatic carbocycles. The lowest BCUT2D eigenvalue weighted by Gasteiger charge is -2.32. The van der Waals surface area contributed by atoms with Gasteiger partial charge in [-0.2, -0.15) is 0 Å². The number of halogens is 2. The number of aromatic nitrogens is 4. The number of fused-ring (bicyclic) bond motifs is 2. The summed E-state index contributed by atoms with van der Waals surface area (Å²) in [5, 5.41) is 13.9. The summed E-state index contributed by atoms with van der Waals surface area (Å²) in [6.45, 7) is 0.533. The molecule has 4 aromatic rings. The zero-order valence-electron chi connectivity index (χ0n) is 19.5. The van der Waals surface area contributed by atoms with Crippen LogP contribution in [-0.4, -0.2) is 51.0 Å². The van der Waals surface area contributed by atoms with Gasteiger partial charge in [0.1, 0.15) is 24.9 Å². The van der Waals surface area contributed by atoms with Gasteiger partial charge in [0.2, 0.25) is 5.88 Å². The predicted octanol–water partition coefficient (Wildman–Crippen LogP) is 3.27.